The van der Waals surface area contributed by atoms with Crippen LogP contribution in [-0.4, -0.2) is 85.2 Å². The molecule has 1 aromatic carbocycles. The zero-order chi connectivity index (χ0) is 23.6. The third-order valence-corrected chi connectivity index (χ3v) is 6.88. The van der Waals surface area contributed by atoms with Crippen LogP contribution < -0.4 is 5.32 Å². The second-order valence-corrected chi connectivity index (χ2v) is 9.46. The highest BCUT2D eigenvalue weighted by atomic mass is 16.5. The smallest absolute Gasteiger partial charge is 0.320 e. The summed E-state index contributed by atoms with van der Waals surface area (Å²) >= 11 is 0. The van der Waals surface area contributed by atoms with Crippen molar-refractivity contribution >= 4 is 17.6 Å². The molecule has 2 heterocycles. The summed E-state index contributed by atoms with van der Waals surface area (Å²) in [6.07, 6.45) is 4.78. The van der Waals surface area contributed by atoms with Crippen LogP contribution in [0.4, 0.5) is 10.5 Å². The van der Waals surface area contributed by atoms with Gasteiger partial charge in [0.2, 0.25) is 5.91 Å². The molecule has 1 unspecified atom stereocenters. The van der Waals surface area contributed by atoms with Crippen LogP contribution in [-0.2, 0) is 16.0 Å². The molecule has 2 fully saturated rings. The Bertz CT molecular complexity index is 740. The third-order valence-electron chi connectivity index (χ3n) is 6.88. The van der Waals surface area contributed by atoms with Crippen molar-refractivity contribution in [2.45, 2.75) is 58.9 Å². The highest BCUT2D eigenvalue weighted by Gasteiger charge is 2.28. The number of piperidine rings is 1. The van der Waals surface area contributed by atoms with Crippen molar-refractivity contribution in [3.05, 3.63) is 29.8 Å². The standard InChI is InChI=1S/C26H42N4O3/c1-4-12-30(21(3)19-22-6-8-24(9-7-22)27-25(31)5-2)20-23-10-13-28(14-11-23)26(32)29-15-17-33-18-16-29/h6-9,21,23H,4-5,10-20H2,1-3H3,(H,27,31). The number of benzene rings is 1. The van der Waals surface area contributed by atoms with Gasteiger partial charge in [-0.1, -0.05) is 26.0 Å². The van der Waals surface area contributed by atoms with Crippen LogP contribution in [0.15, 0.2) is 24.3 Å². The molecule has 0 radical (unpaired) electrons. The van der Waals surface area contributed by atoms with E-state index < -0.39 is 0 Å². The first kappa shape index (κ1) is 25.5. The largest absolute Gasteiger partial charge is 0.378 e. The second-order valence-electron chi connectivity index (χ2n) is 9.46. The molecule has 3 rings (SSSR count). The predicted molar refractivity (Wildman–Crippen MR) is 132 cm³/mol. The number of nitrogens with zero attached hydrogens (tertiary/aromatic N) is 3. The van der Waals surface area contributed by atoms with Crippen LogP contribution in [0.25, 0.3) is 0 Å². The van der Waals surface area contributed by atoms with Gasteiger partial charge in [-0.25, -0.2) is 4.79 Å². The number of anilines is 1. The van der Waals surface area contributed by atoms with E-state index in [0.717, 1.165) is 57.5 Å². The Morgan fingerprint density at radius 2 is 1.70 bits per heavy atom. The lowest BCUT2D eigenvalue weighted by Gasteiger charge is -2.39. The highest BCUT2D eigenvalue weighted by Crippen LogP contribution is 2.22. The number of ether oxygens (including phenoxy) is 1. The zero-order valence-corrected chi connectivity index (χ0v) is 20.7. The number of carbonyl (C=O) groups excluding carboxylic acids is 2. The number of carbonyl (C=O) groups is 2. The number of likely N-dealkylation sites (tertiary alicyclic amines) is 1. The van der Waals surface area contributed by atoms with Crippen LogP contribution in [0.1, 0.15) is 52.0 Å². The van der Waals surface area contributed by atoms with E-state index in [1.165, 1.54) is 5.56 Å². The highest BCUT2D eigenvalue weighted by molar-refractivity contribution is 5.90. The molecular weight excluding hydrogens is 416 g/mol. The van der Waals surface area contributed by atoms with Crippen molar-refractivity contribution < 1.29 is 14.3 Å². The van der Waals surface area contributed by atoms with E-state index in [2.05, 4.69) is 36.2 Å². The van der Waals surface area contributed by atoms with Gasteiger partial charge in [0, 0.05) is 50.9 Å². The summed E-state index contributed by atoms with van der Waals surface area (Å²) in [6.45, 7) is 13.1. The van der Waals surface area contributed by atoms with Crippen molar-refractivity contribution in [3.63, 3.8) is 0 Å². The second kappa shape index (κ2) is 12.9. The Morgan fingerprint density at radius 3 is 2.30 bits per heavy atom. The fourth-order valence-electron chi connectivity index (χ4n) is 4.82. The lowest BCUT2D eigenvalue weighted by atomic mass is 9.95. The molecule has 2 aliphatic heterocycles. The van der Waals surface area contributed by atoms with E-state index in [4.69, 9.17) is 4.74 Å². The Balaban J connectivity index is 1.47. The van der Waals surface area contributed by atoms with Crippen LogP contribution >= 0.6 is 0 Å². The molecule has 1 atom stereocenters. The minimum atomic E-state index is 0.0444. The average molecular weight is 459 g/mol. The molecule has 2 aliphatic rings. The fourth-order valence-corrected chi connectivity index (χ4v) is 4.82. The summed E-state index contributed by atoms with van der Waals surface area (Å²) in [4.78, 5) is 30.9. The lowest BCUT2D eigenvalue weighted by Crippen LogP contribution is -2.51. The van der Waals surface area contributed by atoms with E-state index in [1.807, 2.05) is 28.9 Å². The minimum Gasteiger partial charge on any atom is -0.378 e. The molecule has 33 heavy (non-hydrogen) atoms. The van der Waals surface area contributed by atoms with Gasteiger partial charge in [0.1, 0.15) is 0 Å². The number of hydrogen-bond donors (Lipinski definition) is 1. The molecule has 0 aromatic heterocycles. The van der Waals surface area contributed by atoms with Crippen molar-refractivity contribution in [1.82, 2.24) is 14.7 Å². The Hall–Kier alpha value is -2.12. The first-order valence-electron chi connectivity index (χ1n) is 12.7. The fraction of sp³-hybridized carbons (Fsp3) is 0.692. The minimum absolute atomic E-state index is 0.0444. The Kier molecular flexibility index (Phi) is 10.0. The molecular formula is C26H42N4O3. The van der Waals surface area contributed by atoms with Gasteiger partial charge in [0.25, 0.3) is 0 Å². The van der Waals surface area contributed by atoms with Crippen molar-refractivity contribution in [3.8, 4) is 0 Å². The quantitative estimate of drug-likeness (QED) is 0.611. The summed E-state index contributed by atoms with van der Waals surface area (Å²) < 4.78 is 5.38. The molecule has 184 valence electrons. The van der Waals surface area contributed by atoms with Gasteiger partial charge in [-0.3, -0.25) is 4.79 Å². The summed E-state index contributed by atoms with van der Waals surface area (Å²) in [5.74, 6) is 0.683. The van der Waals surface area contributed by atoms with E-state index in [9.17, 15) is 9.59 Å². The van der Waals surface area contributed by atoms with Crippen LogP contribution in [0.5, 0.6) is 0 Å². The van der Waals surface area contributed by atoms with Crippen molar-refractivity contribution in [1.29, 1.82) is 0 Å². The number of amides is 3. The zero-order valence-electron chi connectivity index (χ0n) is 20.7. The molecule has 0 bridgehead atoms. The molecule has 7 heteroatoms. The van der Waals surface area contributed by atoms with Crippen LogP contribution in [0.3, 0.4) is 0 Å². The van der Waals surface area contributed by atoms with Crippen LogP contribution in [0, 0.1) is 5.92 Å². The first-order chi connectivity index (χ1) is 16.0. The monoisotopic (exact) mass is 458 g/mol. The molecule has 0 aliphatic carbocycles. The molecule has 2 saturated heterocycles. The van der Waals surface area contributed by atoms with Crippen LogP contribution in [0.2, 0.25) is 0 Å². The van der Waals surface area contributed by atoms with E-state index in [1.54, 1.807) is 0 Å². The molecule has 1 aromatic rings. The molecule has 3 amide bonds. The Labute approximate surface area is 199 Å². The molecule has 0 spiro atoms. The van der Waals surface area contributed by atoms with Gasteiger partial charge < -0.3 is 24.8 Å². The topological polar surface area (TPSA) is 65.1 Å². The summed E-state index contributed by atoms with van der Waals surface area (Å²) in [6, 6.07) is 8.90. The average Bonchev–Trinajstić information content (AvgIpc) is 2.85. The van der Waals surface area contributed by atoms with E-state index in [0.29, 0.717) is 44.7 Å². The number of morpholine rings is 1. The number of hydrogen-bond acceptors (Lipinski definition) is 4. The normalized spacial score (nSPS) is 18.4. The van der Waals surface area contributed by atoms with Crippen molar-refractivity contribution in [2.24, 2.45) is 5.92 Å². The van der Waals surface area contributed by atoms with E-state index in [-0.39, 0.29) is 11.9 Å². The molecule has 1 N–H and O–H groups in total. The molecule has 7 nitrogen and oxygen atoms in total. The summed E-state index contributed by atoms with van der Waals surface area (Å²) in [5, 5.41) is 2.92. The third kappa shape index (κ3) is 7.71. The van der Waals surface area contributed by atoms with Gasteiger partial charge in [-0.2, -0.15) is 0 Å². The molecule has 0 saturated carbocycles. The maximum absolute atomic E-state index is 12.8. The lowest BCUT2D eigenvalue weighted by molar-refractivity contribution is -0.115. The van der Waals surface area contributed by atoms with Gasteiger partial charge >= 0.3 is 6.03 Å². The van der Waals surface area contributed by atoms with Crippen molar-refractivity contribution in [2.75, 3.05) is 57.8 Å². The van der Waals surface area contributed by atoms with Gasteiger partial charge in [0.05, 0.1) is 13.2 Å². The SMILES string of the molecule is CCCN(CC1CCN(C(=O)N2CCOCC2)CC1)C(C)Cc1ccc(NC(=O)CC)cc1. The maximum atomic E-state index is 12.8. The maximum Gasteiger partial charge on any atom is 0.320 e. The van der Waals surface area contributed by atoms with E-state index >= 15 is 0 Å². The van der Waals surface area contributed by atoms with Gasteiger partial charge in [-0.15, -0.1) is 0 Å². The summed E-state index contributed by atoms with van der Waals surface area (Å²) in [5.41, 5.74) is 2.16. The van der Waals surface area contributed by atoms with Gasteiger partial charge in [-0.05, 0) is 62.8 Å². The predicted octanol–water partition coefficient (Wildman–Crippen LogP) is 3.84. The first-order valence-corrected chi connectivity index (χ1v) is 12.7. The number of urea groups is 1. The summed E-state index contributed by atoms with van der Waals surface area (Å²) in [7, 11) is 0. The van der Waals surface area contributed by atoms with Gasteiger partial charge in [0.15, 0.2) is 0 Å². The number of rotatable bonds is 9. The number of nitrogens with one attached hydrogen (secondary N) is 1. The Morgan fingerprint density at radius 1 is 1.06 bits per heavy atom.